The number of nitrogens with zero attached hydrogens (tertiary/aromatic N) is 1. The Morgan fingerprint density at radius 1 is 1.35 bits per heavy atom. The quantitative estimate of drug-likeness (QED) is 0.860. The Kier molecular flexibility index (Phi) is 2.28. The van der Waals surface area contributed by atoms with E-state index in [1.165, 1.54) is 17.5 Å². The second kappa shape index (κ2) is 3.80. The molecule has 0 fully saturated rings. The number of fused-ring (bicyclic) bond motifs is 1. The van der Waals surface area contributed by atoms with Crippen molar-refractivity contribution in [1.29, 1.82) is 0 Å². The van der Waals surface area contributed by atoms with Gasteiger partial charge in [0.2, 0.25) is 5.88 Å². The number of nitrogens with two attached hydrogens (primary N) is 1. The molecule has 2 aromatic rings. The van der Waals surface area contributed by atoms with Gasteiger partial charge in [0.1, 0.15) is 5.75 Å². The number of aromatic nitrogens is 1. The highest BCUT2D eigenvalue weighted by molar-refractivity contribution is 5.81. The molecule has 88 valence electrons. The minimum Gasteiger partial charge on any atom is -0.496 e. The van der Waals surface area contributed by atoms with Crippen LogP contribution >= 0.6 is 0 Å². The molecule has 2 N–H and O–H groups in total. The summed E-state index contributed by atoms with van der Waals surface area (Å²) in [4.78, 5) is 0. The smallest absolute Gasteiger partial charge is 0.230 e. The van der Waals surface area contributed by atoms with Crippen LogP contribution in [0.5, 0.6) is 5.75 Å². The number of hydrogen-bond donors (Lipinski definition) is 1. The van der Waals surface area contributed by atoms with Gasteiger partial charge in [-0.05, 0) is 36.5 Å². The van der Waals surface area contributed by atoms with E-state index in [1.54, 1.807) is 13.3 Å². The molecule has 1 heterocycles. The fraction of sp³-hybridized carbons (Fsp3) is 0.308. The van der Waals surface area contributed by atoms with Crippen molar-refractivity contribution in [1.82, 2.24) is 5.16 Å². The van der Waals surface area contributed by atoms with Crippen molar-refractivity contribution in [2.45, 2.75) is 19.3 Å². The largest absolute Gasteiger partial charge is 0.496 e. The molecule has 0 spiro atoms. The van der Waals surface area contributed by atoms with Crippen LogP contribution in [0.4, 0.5) is 5.88 Å². The minimum atomic E-state index is 0.351. The number of ether oxygens (including phenoxy) is 1. The molecule has 0 bridgehead atoms. The summed E-state index contributed by atoms with van der Waals surface area (Å²) in [7, 11) is 1.67. The Bertz CT molecular complexity index is 561. The molecule has 3 rings (SSSR count). The van der Waals surface area contributed by atoms with Crippen LogP contribution in [0.25, 0.3) is 11.1 Å². The van der Waals surface area contributed by atoms with E-state index in [0.29, 0.717) is 5.88 Å². The van der Waals surface area contributed by atoms with Crippen LogP contribution in [-0.4, -0.2) is 12.3 Å². The highest BCUT2D eigenvalue weighted by Crippen LogP contribution is 2.41. The topological polar surface area (TPSA) is 61.3 Å². The van der Waals surface area contributed by atoms with Gasteiger partial charge in [-0.15, -0.1) is 0 Å². The lowest BCUT2D eigenvalue weighted by molar-refractivity contribution is 0.416. The molecular weight excluding hydrogens is 216 g/mol. The van der Waals surface area contributed by atoms with Crippen LogP contribution < -0.4 is 10.5 Å². The van der Waals surface area contributed by atoms with E-state index >= 15 is 0 Å². The van der Waals surface area contributed by atoms with Crippen molar-refractivity contribution in [2.24, 2.45) is 0 Å². The second-order valence-electron chi connectivity index (χ2n) is 4.24. The molecule has 1 aliphatic rings. The molecule has 0 aliphatic heterocycles. The lowest BCUT2D eigenvalue weighted by Gasteiger charge is -2.12. The fourth-order valence-electron chi connectivity index (χ4n) is 2.55. The number of aryl methyl sites for hydroxylation is 1. The second-order valence-corrected chi connectivity index (χ2v) is 4.24. The van der Waals surface area contributed by atoms with Gasteiger partial charge in [-0.2, -0.15) is 0 Å². The van der Waals surface area contributed by atoms with Gasteiger partial charge in [-0.25, -0.2) is 0 Å². The molecule has 0 saturated heterocycles. The molecule has 4 nitrogen and oxygen atoms in total. The molecule has 0 radical (unpaired) electrons. The molecule has 0 saturated carbocycles. The SMILES string of the molecule is COc1ccc2c(c1-c1cnoc1N)CCC2. The van der Waals surface area contributed by atoms with E-state index < -0.39 is 0 Å². The number of anilines is 1. The Morgan fingerprint density at radius 3 is 2.94 bits per heavy atom. The van der Waals surface area contributed by atoms with E-state index in [4.69, 9.17) is 15.0 Å². The van der Waals surface area contributed by atoms with E-state index in [1.807, 2.05) is 6.07 Å². The minimum absolute atomic E-state index is 0.351. The summed E-state index contributed by atoms with van der Waals surface area (Å²) in [5, 5.41) is 3.74. The molecule has 1 aromatic heterocycles. The van der Waals surface area contributed by atoms with Crippen molar-refractivity contribution in [3.8, 4) is 16.9 Å². The zero-order valence-electron chi connectivity index (χ0n) is 9.69. The normalized spacial score (nSPS) is 13.7. The first-order valence-electron chi connectivity index (χ1n) is 5.70. The predicted molar refractivity (Wildman–Crippen MR) is 64.9 cm³/mol. The summed E-state index contributed by atoms with van der Waals surface area (Å²) in [6.45, 7) is 0. The van der Waals surface area contributed by atoms with Crippen LogP contribution in [0.2, 0.25) is 0 Å². The standard InChI is InChI=1S/C13H14N2O2/c1-16-11-6-5-8-3-2-4-9(8)12(11)10-7-15-17-13(10)14/h5-7H,2-4,14H2,1H3. The molecule has 0 amide bonds. The summed E-state index contributed by atoms with van der Waals surface area (Å²) < 4.78 is 10.4. The maximum absolute atomic E-state index is 5.81. The third kappa shape index (κ3) is 1.48. The van der Waals surface area contributed by atoms with Crippen molar-refractivity contribution < 1.29 is 9.26 Å². The molecule has 17 heavy (non-hydrogen) atoms. The van der Waals surface area contributed by atoms with Crippen molar-refractivity contribution >= 4 is 5.88 Å². The fourth-order valence-corrected chi connectivity index (χ4v) is 2.55. The van der Waals surface area contributed by atoms with Gasteiger partial charge in [0, 0.05) is 5.56 Å². The van der Waals surface area contributed by atoms with Crippen LogP contribution in [0.3, 0.4) is 0 Å². The lowest BCUT2D eigenvalue weighted by Crippen LogP contribution is -1.95. The number of nitrogen functional groups attached to an aromatic ring is 1. The number of hydrogen-bond acceptors (Lipinski definition) is 4. The molecular formula is C13H14N2O2. The Morgan fingerprint density at radius 2 is 2.24 bits per heavy atom. The van der Waals surface area contributed by atoms with Gasteiger partial charge in [0.25, 0.3) is 0 Å². The highest BCUT2D eigenvalue weighted by atomic mass is 16.5. The summed E-state index contributed by atoms with van der Waals surface area (Å²) in [5.41, 5.74) is 10.4. The molecule has 1 aliphatic carbocycles. The summed E-state index contributed by atoms with van der Waals surface area (Å²) in [5.74, 6) is 1.18. The zero-order valence-corrected chi connectivity index (χ0v) is 9.69. The van der Waals surface area contributed by atoms with Crippen LogP contribution in [0.15, 0.2) is 22.9 Å². The monoisotopic (exact) mass is 230 g/mol. The molecule has 4 heteroatoms. The lowest BCUT2D eigenvalue weighted by atomic mass is 9.97. The average Bonchev–Trinajstić information content (AvgIpc) is 2.96. The third-order valence-electron chi connectivity index (χ3n) is 3.33. The van der Waals surface area contributed by atoms with E-state index in [0.717, 1.165) is 29.7 Å². The molecule has 1 aromatic carbocycles. The molecule has 0 atom stereocenters. The summed E-state index contributed by atoms with van der Waals surface area (Å²) >= 11 is 0. The Balaban J connectivity index is 2.27. The van der Waals surface area contributed by atoms with Crippen LogP contribution in [0, 0.1) is 0 Å². The van der Waals surface area contributed by atoms with E-state index in [2.05, 4.69) is 11.2 Å². The van der Waals surface area contributed by atoms with Gasteiger partial charge in [-0.1, -0.05) is 11.2 Å². The van der Waals surface area contributed by atoms with Gasteiger partial charge < -0.3 is 15.0 Å². The van der Waals surface area contributed by atoms with Crippen molar-refractivity contribution in [3.05, 3.63) is 29.5 Å². The Labute approximate surface area is 99.4 Å². The van der Waals surface area contributed by atoms with Crippen LogP contribution in [-0.2, 0) is 12.8 Å². The third-order valence-corrected chi connectivity index (χ3v) is 3.33. The highest BCUT2D eigenvalue weighted by Gasteiger charge is 2.22. The van der Waals surface area contributed by atoms with Gasteiger partial charge in [0.15, 0.2) is 0 Å². The van der Waals surface area contributed by atoms with Gasteiger partial charge in [-0.3, -0.25) is 0 Å². The van der Waals surface area contributed by atoms with E-state index in [9.17, 15) is 0 Å². The summed E-state index contributed by atoms with van der Waals surface area (Å²) in [6, 6.07) is 4.13. The first kappa shape index (κ1) is 10.2. The maximum atomic E-state index is 5.81. The van der Waals surface area contributed by atoms with Crippen LogP contribution in [0.1, 0.15) is 17.5 Å². The number of benzene rings is 1. The van der Waals surface area contributed by atoms with Gasteiger partial charge in [0.05, 0.1) is 18.9 Å². The van der Waals surface area contributed by atoms with Crippen molar-refractivity contribution in [2.75, 3.05) is 12.8 Å². The molecule has 0 unspecified atom stereocenters. The van der Waals surface area contributed by atoms with Crippen molar-refractivity contribution in [3.63, 3.8) is 0 Å². The van der Waals surface area contributed by atoms with Gasteiger partial charge >= 0.3 is 0 Å². The first-order chi connectivity index (χ1) is 8.31. The number of methoxy groups -OCH3 is 1. The van der Waals surface area contributed by atoms with E-state index in [-0.39, 0.29) is 0 Å². The summed E-state index contributed by atoms with van der Waals surface area (Å²) in [6.07, 6.45) is 5.02. The Hall–Kier alpha value is -1.97. The maximum Gasteiger partial charge on any atom is 0.230 e. The number of rotatable bonds is 2. The average molecular weight is 230 g/mol. The first-order valence-corrected chi connectivity index (χ1v) is 5.70. The predicted octanol–water partition coefficient (Wildman–Crippen LogP) is 2.42. The zero-order chi connectivity index (χ0) is 11.8.